The SMILES string of the molecule is O=C1CCCC2=C1[C@H](c1ccc(O)cc1)c1c(nc(SCc3ccccc3F)[nH]c1=O)N2. The Bertz CT molecular complexity index is 1300. The number of nitrogens with one attached hydrogen (secondary N) is 2. The first-order chi connectivity index (χ1) is 15.5. The lowest BCUT2D eigenvalue weighted by Gasteiger charge is -2.32. The summed E-state index contributed by atoms with van der Waals surface area (Å²) in [4.78, 5) is 33.4. The minimum absolute atomic E-state index is 0.0138. The average molecular weight is 450 g/mol. The van der Waals surface area contributed by atoms with Gasteiger partial charge in [-0.2, -0.15) is 0 Å². The van der Waals surface area contributed by atoms with E-state index < -0.39 is 5.92 Å². The van der Waals surface area contributed by atoms with Crippen LogP contribution in [0.15, 0.2) is 69.8 Å². The summed E-state index contributed by atoms with van der Waals surface area (Å²) in [7, 11) is 0. The fourth-order valence-corrected chi connectivity index (χ4v) is 5.12. The van der Waals surface area contributed by atoms with Gasteiger partial charge in [-0.1, -0.05) is 42.1 Å². The number of aromatic amines is 1. The molecule has 1 aromatic heterocycles. The molecule has 0 radical (unpaired) electrons. The fraction of sp³-hybridized carbons (Fsp3) is 0.208. The Labute approximate surface area is 187 Å². The van der Waals surface area contributed by atoms with Crippen molar-refractivity contribution in [2.75, 3.05) is 5.32 Å². The summed E-state index contributed by atoms with van der Waals surface area (Å²) < 4.78 is 14.0. The summed E-state index contributed by atoms with van der Waals surface area (Å²) in [6.45, 7) is 0. The van der Waals surface area contributed by atoms with Crippen LogP contribution in [0, 0.1) is 5.82 Å². The van der Waals surface area contributed by atoms with E-state index in [0.29, 0.717) is 46.3 Å². The van der Waals surface area contributed by atoms with Crippen molar-refractivity contribution in [3.63, 3.8) is 0 Å². The van der Waals surface area contributed by atoms with Gasteiger partial charge >= 0.3 is 0 Å². The zero-order chi connectivity index (χ0) is 22.2. The van der Waals surface area contributed by atoms with Crippen LogP contribution in [0.1, 0.15) is 41.9 Å². The largest absolute Gasteiger partial charge is 0.508 e. The summed E-state index contributed by atoms with van der Waals surface area (Å²) in [6.07, 6.45) is 1.87. The number of benzene rings is 2. The fourth-order valence-electron chi connectivity index (χ4n) is 4.27. The molecular formula is C24H20FN3O3S. The lowest BCUT2D eigenvalue weighted by atomic mass is 9.76. The Morgan fingerprint density at radius 3 is 2.66 bits per heavy atom. The van der Waals surface area contributed by atoms with Crippen LogP contribution in [-0.4, -0.2) is 20.9 Å². The monoisotopic (exact) mass is 449 g/mol. The van der Waals surface area contributed by atoms with Crippen molar-refractivity contribution in [1.82, 2.24) is 9.97 Å². The Balaban J connectivity index is 1.56. The van der Waals surface area contributed by atoms with E-state index in [9.17, 15) is 19.1 Å². The first-order valence-corrected chi connectivity index (χ1v) is 11.3. The first kappa shape index (κ1) is 20.5. The number of H-pyrrole nitrogens is 1. The molecule has 5 rings (SSSR count). The molecule has 2 aliphatic rings. The third-order valence-electron chi connectivity index (χ3n) is 5.78. The van der Waals surface area contributed by atoms with E-state index in [1.165, 1.54) is 17.8 Å². The number of hydrogen-bond acceptors (Lipinski definition) is 6. The maximum absolute atomic E-state index is 14.0. The van der Waals surface area contributed by atoms with Gasteiger partial charge in [-0.15, -0.1) is 0 Å². The second kappa shape index (κ2) is 8.27. The van der Waals surface area contributed by atoms with Gasteiger partial charge in [0.05, 0.1) is 5.56 Å². The van der Waals surface area contributed by atoms with Crippen LogP contribution in [0.5, 0.6) is 5.75 Å². The minimum Gasteiger partial charge on any atom is -0.508 e. The summed E-state index contributed by atoms with van der Waals surface area (Å²) in [6, 6.07) is 13.0. The average Bonchev–Trinajstić information content (AvgIpc) is 2.78. The molecule has 8 heteroatoms. The maximum Gasteiger partial charge on any atom is 0.257 e. The van der Waals surface area contributed by atoms with Gasteiger partial charge in [-0.05, 0) is 42.2 Å². The number of phenolic OH excluding ortho intramolecular Hbond substituents is 1. The van der Waals surface area contributed by atoms with E-state index in [4.69, 9.17) is 0 Å². The van der Waals surface area contributed by atoms with Gasteiger partial charge in [0.25, 0.3) is 5.56 Å². The summed E-state index contributed by atoms with van der Waals surface area (Å²) in [5, 5.41) is 13.3. The van der Waals surface area contributed by atoms with Crippen LogP contribution in [0.25, 0.3) is 0 Å². The van der Waals surface area contributed by atoms with Gasteiger partial charge in [-0.25, -0.2) is 9.37 Å². The van der Waals surface area contributed by atoms with Crippen molar-refractivity contribution in [3.8, 4) is 5.75 Å². The predicted octanol–water partition coefficient (Wildman–Crippen LogP) is 4.47. The van der Waals surface area contributed by atoms with Gasteiger partial charge in [0, 0.05) is 29.4 Å². The number of hydrogen-bond donors (Lipinski definition) is 3. The van der Waals surface area contributed by atoms with E-state index in [-0.39, 0.29) is 22.9 Å². The molecule has 0 saturated heterocycles. The molecule has 2 aromatic carbocycles. The van der Waals surface area contributed by atoms with Crippen LogP contribution in [0.3, 0.4) is 0 Å². The van der Waals surface area contributed by atoms with Crippen molar-refractivity contribution >= 4 is 23.4 Å². The van der Waals surface area contributed by atoms with E-state index >= 15 is 0 Å². The number of ketones is 1. The van der Waals surface area contributed by atoms with E-state index in [2.05, 4.69) is 15.3 Å². The van der Waals surface area contributed by atoms with Gasteiger partial charge in [0.2, 0.25) is 0 Å². The number of Topliss-reactive ketones (excluding diaryl/α,β-unsaturated/α-hetero) is 1. The number of thioether (sulfide) groups is 1. The number of halogens is 1. The molecule has 0 bridgehead atoms. The van der Waals surface area contributed by atoms with Crippen molar-refractivity contribution in [2.24, 2.45) is 0 Å². The molecule has 3 aromatic rings. The molecule has 0 spiro atoms. The maximum atomic E-state index is 14.0. The van der Waals surface area contributed by atoms with E-state index in [1.807, 2.05) is 0 Å². The van der Waals surface area contributed by atoms with Crippen molar-refractivity contribution < 1.29 is 14.3 Å². The highest BCUT2D eigenvalue weighted by Crippen LogP contribution is 2.43. The number of rotatable bonds is 4. The zero-order valence-electron chi connectivity index (χ0n) is 17.0. The van der Waals surface area contributed by atoms with Gasteiger partial charge in [0.1, 0.15) is 17.4 Å². The smallest absolute Gasteiger partial charge is 0.257 e. The topological polar surface area (TPSA) is 95.1 Å². The molecule has 6 nitrogen and oxygen atoms in total. The zero-order valence-corrected chi connectivity index (χ0v) is 17.8. The highest BCUT2D eigenvalue weighted by Gasteiger charge is 2.37. The number of phenols is 1. The second-order valence-electron chi connectivity index (χ2n) is 7.83. The van der Waals surface area contributed by atoms with Crippen molar-refractivity contribution in [1.29, 1.82) is 0 Å². The molecule has 3 N–H and O–H groups in total. The van der Waals surface area contributed by atoms with Gasteiger partial charge < -0.3 is 15.4 Å². The van der Waals surface area contributed by atoms with Crippen LogP contribution < -0.4 is 10.9 Å². The molecule has 0 saturated carbocycles. The molecule has 0 amide bonds. The number of carbonyl (C=O) groups is 1. The summed E-state index contributed by atoms with van der Waals surface area (Å²) in [5.41, 5.74) is 2.67. The lowest BCUT2D eigenvalue weighted by Crippen LogP contribution is -2.32. The minimum atomic E-state index is -0.559. The molecule has 1 aliphatic carbocycles. The quantitative estimate of drug-likeness (QED) is 0.402. The third kappa shape index (κ3) is 3.71. The number of allylic oxidation sites excluding steroid dienone is 2. The Kier molecular flexibility index (Phi) is 5.30. The third-order valence-corrected chi connectivity index (χ3v) is 6.71. The van der Waals surface area contributed by atoms with E-state index in [1.54, 1.807) is 42.5 Å². The first-order valence-electron chi connectivity index (χ1n) is 10.3. The number of nitrogens with zero attached hydrogens (tertiary/aromatic N) is 1. The Hall–Kier alpha value is -3.39. The molecule has 2 heterocycles. The van der Waals surface area contributed by atoms with E-state index in [0.717, 1.165) is 17.7 Å². The predicted molar refractivity (Wildman–Crippen MR) is 120 cm³/mol. The number of carbonyl (C=O) groups excluding carboxylic acids is 1. The Morgan fingerprint density at radius 1 is 1.09 bits per heavy atom. The number of aromatic nitrogens is 2. The number of fused-ring (bicyclic) bond motifs is 1. The normalized spacial score (nSPS) is 17.5. The second-order valence-corrected chi connectivity index (χ2v) is 8.80. The van der Waals surface area contributed by atoms with Crippen LogP contribution in [-0.2, 0) is 10.5 Å². The molecule has 1 aliphatic heterocycles. The molecule has 0 fully saturated rings. The van der Waals surface area contributed by atoms with Crippen molar-refractivity contribution in [2.45, 2.75) is 36.1 Å². The standard InChI is InChI=1S/C24H20FN3O3S/c25-16-5-2-1-4-14(16)12-32-24-27-22-21(23(31)28-24)19(13-8-10-15(29)11-9-13)20-17(26-22)6-3-7-18(20)30/h1-2,4-5,8-11,19,29H,3,6-7,12H2,(H2,26,27,28,31)/t19-/m0/s1. The molecule has 0 unspecified atom stereocenters. The molecule has 32 heavy (non-hydrogen) atoms. The van der Waals surface area contributed by atoms with Gasteiger partial charge in [-0.3, -0.25) is 9.59 Å². The number of anilines is 1. The summed E-state index contributed by atoms with van der Waals surface area (Å²) >= 11 is 1.24. The molecule has 162 valence electrons. The van der Waals surface area contributed by atoms with Crippen LogP contribution in [0.4, 0.5) is 10.2 Å². The lowest BCUT2D eigenvalue weighted by molar-refractivity contribution is -0.116. The highest BCUT2D eigenvalue weighted by atomic mass is 32.2. The molecule has 1 atom stereocenters. The van der Waals surface area contributed by atoms with Crippen LogP contribution >= 0.6 is 11.8 Å². The summed E-state index contributed by atoms with van der Waals surface area (Å²) in [5.74, 6) is -0.00422. The van der Waals surface area contributed by atoms with Crippen molar-refractivity contribution in [3.05, 3.63) is 92.7 Å². The Morgan fingerprint density at radius 2 is 1.88 bits per heavy atom. The van der Waals surface area contributed by atoms with Crippen LogP contribution in [0.2, 0.25) is 0 Å². The number of aromatic hydroxyl groups is 1. The van der Waals surface area contributed by atoms with Gasteiger partial charge in [0.15, 0.2) is 10.9 Å². The molecular weight excluding hydrogens is 429 g/mol. The highest BCUT2D eigenvalue weighted by molar-refractivity contribution is 7.98.